The minimum atomic E-state index is 0.0475. The molecule has 0 aliphatic carbocycles. The van der Waals surface area contributed by atoms with E-state index in [1.54, 1.807) is 6.20 Å². The molecule has 0 atom stereocenters. The summed E-state index contributed by atoms with van der Waals surface area (Å²) in [6.45, 7) is 4.57. The fraction of sp³-hybridized carbons (Fsp3) is 0.600. The van der Waals surface area contributed by atoms with Crippen LogP contribution in [0, 0.1) is 6.92 Å². The maximum absolute atomic E-state index is 11.6. The maximum atomic E-state index is 11.6. The van der Waals surface area contributed by atoms with Crippen LogP contribution in [0.1, 0.15) is 17.7 Å². The zero-order chi connectivity index (χ0) is 10.7. The zero-order valence-electron chi connectivity index (χ0n) is 8.82. The van der Waals surface area contributed by atoms with Crippen LogP contribution in [0.5, 0.6) is 0 Å². The Balaban J connectivity index is 1.81. The van der Waals surface area contributed by atoms with Crippen LogP contribution in [-0.4, -0.2) is 35.4 Å². The van der Waals surface area contributed by atoms with Crippen molar-refractivity contribution in [3.63, 3.8) is 0 Å². The topological polar surface area (TPSA) is 45.2 Å². The number of nitrogens with one attached hydrogen (secondary N) is 1. The molecule has 1 saturated heterocycles. The number of carbonyl (C=O) groups excluding carboxylic acids is 1. The van der Waals surface area contributed by atoms with Gasteiger partial charge in [-0.25, -0.2) is 4.98 Å². The third kappa shape index (κ3) is 3.00. The van der Waals surface area contributed by atoms with Gasteiger partial charge in [-0.15, -0.1) is 11.3 Å². The summed E-state index contributed by atoms with van der Waals surface area (Å²) in [5.41, 5.74) is 0. The second-order valence-electron chi connectivity index (χ2n) is 3.81. The minimum Gasteiger partial charge on any atom is -0.301 e. The molecule has 1 aromatic heterocycles. The highest BCUT2D eigenvalue weighted by atomic mass is 32.1. The van der Waals surface area contributed by atoms with Gasteiger partial charge in [-0.2, -0.15) is 0 Å². The molecule has 0 bridgehead atoms. The van der Waals surface area contributed by atoms with Crippen molar-refractivity contribution in [2.24, 2.45) is 0 Å². The van der Waals surface area contributed by atoms with Crippen molar-refractivity contribution in [2.45, 2.75) is 19.8 Å². The van der Waals surface area contributed by atoms with E-state index < -0.39 is 0 Å². The first-order valence-electron chi connectivity index (χ1n) is 5.19. The molecule has 1 fully saturated rings. The highest BCUT2D eigenvalue weighted by Gasteiger charge is 2.15. The number of anilines is 1. The molecule has 0 spiro atoms. The fourth-order valence-electron chi connectivity index (χ4n) is 1.72. The summed E-state index contributed by atoms with van der Waals surface area (Å²) in [4.78, 5) is 19.0. The molecular weight excluding hydrogens is 210 g/mol. The van der Waals surface area contributed by atoms with Gasteiger partial charge in [-0.3, -0.25) is 9.69 Å². The quantitative estimate of drug-likeness (QED) is 0.847. The number of aryl methyl sites for hydroxylation is 1. The lowest BCUT2D eigenvalue weighted by atomic mass is 10.4. The van der Waals surface area contributed by atoms with E-state index in [2.05, 4.69) is 15.2 Å². The van der Waals surface area contributed by atoms with Crippen molar-refractivity contribution in [3.8, 4) is 0 Å². The first-order valence-corrected chi connectivity index (χ1v) is 6.00. The molecule has 1 N–H and O–H groups in total. The van der Waals surface area contributed by atoms with Crippen molar-refractivity contribution in [1.29, 1.82) is 0 Å². The smallest absolute Gasteiger partial charge is 0.240 e. The Labute approximate surface area is 93.3 Å². The molecule has 1 aromatic rings. The second kappa shape index (κ2) is 4.72. The van der Waals surface area contributed by atoms with Gasteiger partial charge in [-0.05, 0) is 32.9 Å². The van der Waals surface area contributed by atoms with Crippen molar-refractivity contribution in [1.82, 2.24) is 9.88 Å². The van der Waals surface area contributed by atoms with Gasteiger partial charge in [0, 0.05) is 11.1 Å². The number of amides is 1. The van der Waals surface area contributed by atoms with E-state index in [-0.39, 0.29) is 5.91 Å². The molecule has 5 heteroatoms. The molecule has 2 rings (SSSR count). The van der Waals surface area contributed by atoms with Gasteiger partial charge in [0.15, 0.2) is 5.13 Å². The Morgan fingerprint density at radius 1 is 1.60 bits per heavy atom. The second-order valence-corrected chi connectivity index (χ2v) is 5.04. The van der Waals surface area contributed by atoms with Crippen LogP contribution < -0.4 is 5.32 Å². The van der Waals surface area contributed by atoms with Crippen LogP contribution in [-0.2, 0) is 4.79 Å². The molecule has 82 valence electrons. The number of carbonyl (C=O) groups is 1. The van der Waals surface area contributed by atoms with E-state index in [4.69, 9.17) is 0 Å². The number of aromatic nitrogens is 1. The summed E-state index contributed by atoms with van der Waals surface area (Å²) in [7, 11) is 0. The van der Waals surface area contributed by atoms with Gasteiger partial charge >= 0.3 is 0 Å². The van der Waals surface area contributed by atoms with Crippen molar-refractivity contribution < 1.29 is 4.79 Å². The molecule has 0 saturated carbocycles. The standard InChI is InChI=1S/C10H15N3OS/c1-8-6-11-10(15-8)12-9(14)7-13-4-2-3-5-13/h6H,2-5,7H2,1H3,(H,11,12,14). The van der Waals surface area contributed by atoms with E-state index in [0.29, 0.717) is 11.7 Å². The van der Waals surface area contributed by atoms with E-state index in [1.807, 2.05) is 6.92 Å². The SMILES string of the molecule is Cc1cnc(NC(=O)CN2CCCC2)s1. The summed E-state index contributed by atoms with van der Waals surface area (Å²) in [6.07, 6.45) is 4.20. The molecule has 1 aliphatic rings. The molecule has 1 aliphatic heterocycles. The first kappa shape index (κ1) is 10.6. The number of hydrogen-bond acceptors (Lipinski definition) is 4. The molecule has 4 nitrogen and oxygen atoms in total. The number of nitrogens with zero attached hydrogens (tertiary/aromatic N) is 2. The zero-order valence-corrected chi connectivity index (χ0v) is 9.64. The molecule has 2 heterocycles. The highest BCUT2D eigenvalue weighted by Crippen LogP contribution is 2.16. The predicted molar refractivity (Wildman–Crippen MR) is 61.2 cm³/mol. The molecule has 1 amide bonds. The average Bonchev–Trinajstić information content (AvgIpc) is 2.77. The third-order valence-corrected chi connectivity index (χ3v) is 3.26. The number of rotatable bonds is 3. The Morgan fingerprint density at radius 2 is 2.33 bits per heavy atom. The molecular formula is C10H15N3OS. The van der Waals surface area contributed by atoms with Gasteiger partial charge < -0.3 is 5.32 Å². The Morgan fingerprint density at radius 3 is 2.93 bits per heavy atom. The third-order valence-electron chi connectivity index (χ3n) is 2.43. The van der Waals surface area contributed by atoms with E-state index in [0.717, 1.165) is 18.0 Å². The minimum absolute atomic E-state index is 0.0475. The maximum Gasteiger partial charge on any atom is 0.240 e. The summed E-state index contributed by atoms with van der Waals surface area (Å²) < 4.78 is 0. The van der Waals surface area contributed by atoms with Crippen molar-refractivity contribution >= 4 is 22.4 Å². The molecule has 0 aromatic carbocycles. The van der Waals surface area contributed by atoms with E-state index in [9.17, 15) is 4.79 Å². The normalized spacial score (nSPS) is 16.9. The van der Waals surface area contributed by atoms with Gasteiger partial charge in [0.1, 0.15) is 0 Å². The molecule has 0 radical (unpaired) electrons. The Bertz CT molecular complexity index is 344. The summed E-state index contributed by atoms with van der Waals surface area (Å²) >= 11 is 1.51. The number of hydrogen-bond donors (Lipinski definition) is 1. The van der Waals surface area contributed by atoms with Gasteiger partial charge in [0.05, 0.1) is 6.54 Å². The molecule has 15 heavy (non-hydrogen) atoms. The van der Waals surface area contributed by atoms with Gasteiger partial charge in [0.25, 0.3) is 0 Å². The average molecular weight is 225 g/mol. The monoisotopic (exact) mass is 225 g/mol. The van der Waals surface area contributed by atoms with E-state index >= 15 is 0 Å². The lowest BCUT2D eigenvalue weighted by molar-refractivity contribution is -0.117. The van der Waals surface area contributed by atoms with Crippen LogP contribution in [0.4, 0.5) is 5.13 Å². The number of thiazole rings is 1. The lowest BCUT2D eigenvalue weighted by Crippen LogP contribution is -2.30. The van der Waals surface area contributed by atoms with Crippen LogP contribution >= 0.6 is 11.3 Å². The van der Waals surface area contributed by atoms with Crippen LogP contribution in [0.3, 0.4) is 0 Å². The summed E-state index contributed by atoms with van der Waals surface area (Å²) in [5, 5.41) is 3.52. The highest BCUT2D eigenvalue weighted by molar-refractivity contribution is 7.15. The Hall–Kier alpha value is -0.940. The van der Waals surface area contributed by atoms with Crippen molar-refractivity contribution in [3.05, 3.63) is 11.1 Å². The van der Waals surface area contributed by atoms with Crippen molar-refractivity contribution in [2.75, 3.05) is 25.0 Å². The van der Waals surface area contributed by atoms with Crippen LogP contribution in [0.25, 0.3) is 0 Å². The van der Waals surface area contributed by atoms with Gasteiger partial charge in [0.2, 0.25) is 5.91 Å². The largest absolute Gasteiger partial charge is 0.301 e. The summed E-state index contributed by atoms with van der Waals surface area (Å²) in [6, 6.07) is 0. The van der Waals surface area contributed by atoms with E-state index in [1.165, 1.54) is 24.2 Å². The predicted octanol–water partition coefficient (Wildman–Crippen LogP) is 1.49. The van der Waals surface area contributed by atoms with Gasteiger partial charge in [-0.1, -0.05) is 0 Å². The van der Waals surface area contributed by atoms with Crippen LogP contribution in [0.15, 0.2) is 6.20 Å². The first-order chi connectivity index (χ1) is 7.24. The Kier molecular flexibility index (Phi) is 3.33. The lowest BCUT2D eigenvalue weighted by Gasteiger charge is -2.12. The summed E-state index contributed by atoms with van der Waals surface area (Å²) in [5.74, 6) is 0.0475. The number of likely N-dealkylation sites (tertiary alicyclic amines) is 1. The molecule has 0 unspecified atom stereocenters. The van der Waals surface area contributed by atoms with Crippen LogP contribution in [0.2, 0.25) is 0 Å². The fourth-order valence-corrected chi connectivity index (χ4v) is 2.40.